The van der Waals surface area contributed by atoms with Crippen LogP contribution in [-0.4, -0.2) is 13.1 Å². The van der Waals surface area contributed by atoms with Crippen LogP contribution in [-0.2, 0) is 9.53 Å². The molecule has 0 bridgehead atoms. The highest BCUT2D eigenvalue weighted by Crippen LogP contribution is 2.22. The van der Waals surface area contributed by atoms with Gasteiger partial charge < -0.3 is 4.74 Å². The van der Waals surface area contributed by atoms with Gasteiger partial charge in [-0.3, -0.25) is 4.79 Å². The van der Waals surface area contributed by atoms with Crippen molar-refractivity contribution in [2.45, 2.75) is 12.8 Å². The minimum absolute atomic E-state index is 0.130. The van der Waals surface area contributed by atoms with Gasteiger partial charge in [-0.05, 0) is 18.2 Å². The molecule has 90 valence electrons. The summed E-state index contributed by atoms with van der Waals surface area (Å²) in [6, 6.07) is 3.16. The second kappa shape index (κ2) is 5.94. The highest BCUT2D eigenvalue weighted by Gasteiger charge is 2.12. The predicted molar refractivity (Wildman–Crippen MR) is 54.9 cm³/mol. The summed E-state index contributed by atoms with van der Waals surface area (Å²) in [5.41, 5.74) is -0.431. The normalized spacial score (nSPS) is 9.71. The number of methoxy groups -OCH3 is 1. The molecule has 0 atom stereocenters. The summed E-state index contributed by atoms with van der Waals surface area (Å²) in [6.07, 6.45) is -2.98. The molecule has 0 spiro atoms. The largest absolute Gasteiger partial charge is 0.468 e. The average Bonchev–Trinajstić information content (AvgIpc) is 2.28. The fourth-order valence-electron chi connectivity index (χ4n) is 1.07. The molecule has 1 rings (SSSR count). The summed E-state index contributed by atoms with van der Waals surface area (Å²) in [6.45, 7) is 0. The number of esters is 1. The monoisotopic (exact) mass is 242 g/mol. The molecule has 5 heteroatoms. The molecule has 0 fully saturated rings. The number of hydrogen-bond acceptors (Lipinski definition) is 2. The van der Waals surface area contributed by atoms with E-state index in [1.165, 1.54) is 13.2 Å². The van der Waals surface area contributed by atoms with Crippen molar-refractivity contribution >= 4 is 5.97 Å². The van der Waals surface area contributed by atoms with E-state index in [-0.39, 0.29) is 12.0 Å². The van der Waals surface area contributed by atoms with Gasteiger partial charge in [-0.1, -0.05) is 11.8 Å². The van der Waals surface area contributed by atoms with Gasteiger partial charge in [0.25, 0.3) is 6.43 Å². The fraction of sp³-hybridized carbons (Fsp3) is 0.250. The summed E-state index contributed by atoms with van der Waals surface area (Å²) in [4.78, 5) is 10.7. The van der Waals surface area contributed by atoms with E-state index < -0.39 is 23.8 Å². The Balaban J connectivity index is 2.80. The van der Waals surface area contributed by atoms with Crippen molar-refractivity contribution in [1.82, 2.24) is 0 Å². The SMILES string of the molecule is COC(=O)CC#Cc1ccc(C(F)F)c(F)c1. The lowest BCUT2D eigenvalue weighted by atomic mass is 10.1. The molecular weight excluding hydrogens is 233 g/mol. The van der Waals surface area contributed by atoms with Crippen LogP contribution < -0.4 is 0 Å². The Hall–Kier alpha value is -1.96. The fourth-order valence-corrected chi connectivity index (χ4v) is 1.07. The molecule has 0 saturated carbocycles. The number of carbonyl (C=O) groups excluding carboxylic acids is 1. The second-order valence-corrected chi connectivity index (χ2v) is 3.09. The maximum absolute atomic E-state index is 13.1. The van der Waals surface area contributed by atoms with Gasteiger partial charge in [-0.25, -0.2) is 13.2 Å². The van der Waals surface area contributed by atoms with Crippen LogP contribution in [0.15, 0.2) is 18.2 Å². The molecular formula is C12H9F3O2. The van der Waals surface area contributed by atoms with Crippen LogP contribution in [0, 0.1) is 17.7 Å². The number of halogens is 3. The lowest BCUT2D eigenvalue weighted by molar-refractivity contribution is -0.139. The van der Waals surface area contributed by atoms with Gasteiger partial charge in [0.2, 0.25) is 0 Å². The van der Waals surface area contributed by atoms with Crippen molar-refractivity contribution in [2.75, 3.05) is 7.11 Å². The maximum Gasteiger partial charge on any atom is 0.317 e. The van der Waals surface area contributed by atoms with Crippen molar-refractivity contribution in [1.29, 1.82) is 0 Å². The van der Waals surface area contributed by atoms with E-state index in [0.717, 1.165) is 12.1 Å². The third kappa shape index (κ3) is 3.83. The lowest BCUT2D eigenvalue weighted by Gasteiger charge is -2.01. The third-order valence-corrected chi connectivity index (χ3v) is 1.93. The third-order valence-electron chi connectivity index (χ3n) is 1.93. The van der Waals surface area contributed by atoms with Crippen molar-refractivity contribution in [2.24, 2.45) is 0 Å². The van der Waals surface area contributed by atoms with Crippen LogP contribution in [0.25, 0.3) is 0 Å². The highest BCUT2D eigenvalue weighted by molar-refractivity contribution is 5.72. The van der Waals surface area contributed by atoms with Gasteiger partial charge in [0.05, 0.1) is 12.7 Å². The molecule has 1 aromatic rings. The van der Waals surface area contributed by atoms with Crippen molar-refractivity contribution < 1.29 is 22.7 Å². The number of hydrogen-bond donors (Lipinski definition) is 0. The predicted octanol–water partition coefficient (Wildman–Crippen LogP) is 2.68. The molecule has 0 aliphatic heterocycles. The number of benzene rings is 1. The summed E-state index contributed by atoms with van der Waals surface area (Å²) in [5.74, 6) is 3.41. The molecule has 2 nitrogen and oxygen atoms in total. The Morgan fingerprint density at radius 2 is 2.18 bits per heavy atom. The first kappa shape index (κ1) is 13.1. The van der Waals surface area contributed by atoms with Crippen molar-refractivity contribution in [3.63, 3.8) is 0 Å². The zero-order valence-corrected chi connectivity index (χ0v) is 8.97. The second-order valence-electron chi connectivity index (χ2n) is 3.09. The Kier molecular flexibility index (Phi) is 4.58. The van der Waals surface area contributed by atoms with Gasteiger partial charge in [-0.15, -0.1) is 0 Å². The topological polar surface area (TPSA) is 26.3 Å². The van der Waals surface area contributed by atoms with Crippen LogP contribution in [0.3, 0.4) is 0 Å². The van der Waals surface area contributed by atoms with Gasteiger partial charge in [0.1, 0.15) is 12.2 Å². The first-order valence-corrected chi connectivity index (χ1v) is 4.68. The first-order valence-electron chi connectivity index (χ1n) is 4.68. The standard InChI is InChI=1S/C12H9F3O2/c1-17-11(16)4-2-3-8-5-6-9(12(14)15)10(13)7-8/h5-7,12H,4H2,1H3. The molecule has 0 aromatic heterocycles. The molecule has 17 heavy (non-hydrogen) atoms. The quantitative estimate of drug-likeness (QED) is 0.588. The lowest BCUT2D eigenvalue weighted by Crippen LogP contribution is -1.97. The minimum atomic E-state index is -2.85. The average molecular weight is 242 g/mol. The number of ether oxygens (including phenoxy) is 1. The van der Waals surface area contributed by atoms with Gasteiger partial charge in [0, 0.05) is 5.56 Å². The van der Waals surface area contributed by atoms with E-state index in [4.69, 9.17) is 0 Å². The minimum Gasteiger partial charge on any atom is -0.468 e. The Morgan fingerprint density at radius 1 is 1.47 bits per heavy atom. The van der Waals surface area contributed by atoms with Crippen LogP contribution in [0.2, 0.25) is 0 Å². The molecule has 0 N–H and O–H groups in total. The summed E-state index contributed by atoms with van der Waals surface area (Å²) in [5, 5.41) is 0. The zero-order valence-electron chi connectivity index (χ0n) is 8.97. The maximum atomic E-state index is 13.1. The Labute approximate surface area is 96.4 Å². The summed E-state index contributed by atoms with van der Waals surface area (Å²) < 4.78 is 41.9. The van der Waals surface area contributed by atoms with Gasteiger partial charge in [0.15, 0.2) is 0 Å². The molecule has 0 unspecified atom stereocenters. The van der Waals surface area contributed by atoms with E-state index in [0.29, 0.717) is 0 Å². The molecule has 0 aliphatic carbocycles. The zero-order chi connectivity index (χ0) is 12.8. The Morgan fingerprint density at radius 3 is 2.71 bits per heavy atom. The number of rotatable bonds is 2. The Bertz CT molecular complexity index is 472. The smallest absolute Gasteiger partial charge is 0.317 e. The van der Waals surface area contributed by atoms with Crippen molar-refractivity contribution in [3.05, 3.63) is 35.1 Å². The van der Waals surface area contributed by atoms with Crippen LogP contribution >= 0.6 is 0 Å². The van der Waals surface area contributed by atoms with E-state index in [1.807, 2.05) is 0 Å². The first-order chi connectivity index (χ1) is 8.04. The van der Waals surface area contributed by atoms with Crippen LogP contribution in [0.4, 0.5) is 13.2 Å². The van der Waals surface area contributed by atoms with Crippen LogP contribution in [0.5, 0.6) is 0 Å². The molecule has 0 heterocycles. The molecule has 0 aliphatic rings. The highest BCUT2D eigenvalue weighted by atomic mass is 19.3. The van der Waals surface area contributed by atoms with Gasteiger partial charge in [-0.2, -0.15) is 0 Å². The summed E-state index contributed by atoms with van der Waals surface area (Å²) in [7, 11) is 1.22. The molecule has 0 amide bonds. The molecule has 1 aromatic carbocycles. The van der Waals surface area contributed by atoms with Crippen LogP contribution in [0.1, 0.15) is 24.0 Å². The van der Waals surface area contributed by atoms with E-state index in [2.05, 4.69) is 16.6 Å². The van der Waals surface area contributed by atoms with E-state index >= 15 is 0 Å². The molecule has 0 saturated heterocycles. The summed E-state index contributed by atoms with van der Waals surface area (Å²) >= 11 is 0. The van der Waals surface area contributed by atoms with E-state index in [1.54, 1.807) is 0 Å². The number of alkyl halides is 2. The van der Waals surface area contributed by atoms with Gasteiger partial charge >= 0.3 is 5.97 Å². The van der Waals surface area contributed by atoms with Crippen molar-refractivity contribution in [3.8, 4) is 11.8 Å². The number of carbonyl (C=O) groups is 1. The molecule has 0 radical (unpaired) electrons. The van der Waals surface area contributed by atoms with E-state index in [9.17, 15) is 18.0 Å².